The maximum atomic E-state index is 13.0. The fraction of sp³-hybridized carbons (Fsp3) is 0.293. The van der Waals surface area contributed by atoms with Crippen LogP contribution in [0, 0.1) is 0 Å². The van der Waals surface area contributed by atoms with Gasteiger partial charge in [0.25, 0.3) is 0 Å². The fourth-order valence-corrected chi connectivity index (χ4v) is 7.14. The van der Waals surface area contributed by atoms with Crippen molar-refractivity contribution in [2.45, 2.75) is 44.4 Å². The van der Waals surface area contributed by atoms with E-state index in [1.807, 2.05) is 66.7 Å². The molecule has 1 saturated heterocycles. The number of aryl methyl sites for hydroxylation is 1. The van der Waals surface area contributed by atoms with Crippen LogP contribution in [0.1, 0.15) is 42.1 Å². The number of ether oxygens (including phenoxy) is 1. The van der Waals surface area contributed by atoms with E-state index in [2.05, 4.69) is 51.0 Å². The van der Waals surface area contributed by atoms with E-state index in [0.29, 0.717) is 35.3 Å². The number of halogens is 1. The van der Waals surface area contributed by atoms with E-state index in [-0.39, 0.29) is 41.8 Å². The molecule has 1 aliphatic heterocycles. The molecule has 2 heterocycles. The summed E-state index contributed by atoms with van der Waals surface area (Å²) in [5.74, 6) is -0.190. The fourth-order valence-electron chi connectivity index (χ4n) is 6.62. The first-order chi connectivity index (χ1) is 25.4. The van der Waals surface area contributed by atoms with Crippen LogP contribution in [0.2, 0.25) is 0 Å². The summed E-state index contributed by atoms with van der Waals surface area (Å²) in [6.07, 6.45) is 1.00. The number of anilines is 2. The number of fused-ring (bicyclic) bond motifs is 1. The van der Waals surface area contributed by atoms with Gasteiger partial charge in [-0.3, -0.25) is 14.9 Å². The molecule has 12 heteroatoms. The number of quaternary nitrogens is 1. The van der Waals surface area contributed by atoms with E-state index in [0.717, 1.165) is 57.1 Å². The molecule has 2 amide bonds. The van der Waals surface area contributed by atoms with E-state index in [1.54, 1.807) is 12.1 Å². The third-order valence-electron chi connectivity index (χ3n) is 9.69. The molecule has 0 bridgehead atoms. The van der Waals surface area contributed by atoms with Crippen molar-refractivity contribution in [2.75, 3.05) is 44.4 Å². The number of piperidine rings is 1. The molecule has 6 N–H and O–H groups in total. The number of likely N-dealkylation sites (tertiary alicyclic amines) is 1. The number of aromatic nitrogens is 1. The average Bonchev–Trinajstić information content (AvgIpc) is 3.13. The molecule has 1 aromatic heterocycles. The van der Waals surface area contributed by atoms with Crippen molar-refractivity contribution in [2.24, 2.45) is 0 Å². The minimum Gasteiger partial charge on any atom is -0.506 e. The molecule has 53 heavy (non-hydrogen) atoms. The van der Waals surface area contributed by atoms with Crippen LogP contribution in [0.4, 0.5) is 16.2 Å². The number of benzene rings is 4. The smallest absolute Gasteiger partial charge is 0.411 e. The molecule has 1 fully saturated rings. The van der Waals surface area contributed by atoms with Gasteiger partial charge in [-0.1, -0.05) is 64.5 Å². The number of aliphatic hydroxyl groups excluding tert-OH is 1. The van der Waals surface area contributed by atoms with Gasteiger partial charge in [0, 0.05) is 59.5 Å². The zero-order valence-electron chi connectivity index (χ0n) is 29.8. The van der Waals surface area contributed by atoms with Crippen LogP contribution in [-0.4, -0.2) is 71.5 Å². The van der Waals surface area contributed by atoms with Gasteiger partial charge in [-0.25, -0.2) is 4.79 Å². The van der Waals surface area contributed by atoms with Crippen LogP contribution in [0.5, 0.6) is 5.75 Å². The molecule has 4 aromatic carbocycles. The standard InChI is InChI=1S/C41H44BrN5O6/c1-47(2)20-18-30(19-21-47)53-41(52)45-35-14-8-26(22-33(35)27-6-4-3-5-7-27)9-16-38(50)44-29-11-10-28(34(42)23-29)24-43-25-37(49)31-12-15-36(48)40-32(31)13-17-39(51)46-40/h3-8,10-15,17,22-23,30,37,43,49H,9,16,18-21,24-25H2,1-2H3,(H3-,44,45,46,48,50,51,52)/p+1/t37-/m0/s1. The predicted molar refractivity (Wildman–Crippen MR) is 211 cm³/mol. The van der Waals surface area contributed by atoms with E-state index >= 15 is 0 Å². The van der Waals surface area contributed by atoms with Crippen LogP contribution in [0.25, 0.3) is 22.0 Å². The van der Waals surface area contributed by atoms with Gasteiger partial charge in [-0.05, 0) is 65.1 Å². The summed E-state index contributed by atoms with van der Waals surface area (Å²) in [7, 11) is 4.38. The monoisotopic (exact) mass is 782 g/mol. The summed E-state index contributed by atoms with van der Waals surface area (Å²) < 4.78 is 7.51. The Labute approximate surface area is 316 Å². The second kappa shape index (κ2) is 16.8. The van der Waals surface area contributed by atoms with Crippen LogP contribution < -0.4 is 21.5 Å². The Morgan fingerprint density at radius 1 is 0.962 bits per heavy atom. The van der Waals surface area contributed by atoms with Gasteiger partial charge < -0.3 is 35.1 Å². The lowest BCUT2D eigenvalue weighted by Gasteiger charge is -2.36. The number of phenols is 1. The molecule has 6 rings (SSSR count). The minimum atomic E-state index is -0.882. The van der Waals surface area contributed by atoms with Crippen molar-refractivity contribution in [3.63, 3.8) is 0 Å². The molecule has 0 spiro atoms. The molecular formula is C41H45BrN5O6+. The minimum absolute atomic E-state index is 0.0599. The summed E-state index contributed by atoms with van der Waals surface area (Å²) >= 11 is 3.60. The normalized spacial score (nSPS) is 14.8. The van der Waals surface area contributed by atoms with E-state index in [9.17, 15) is 24.6 Å². The molecule has 0 aliphatic carbocycles. The van der Waals surface area contributed by atoms with Crippen LogP contribution >= 0.6 is 15.9 Å². The lowest BCUT2D eigenvalue weighted by molar-refractivity contribution is -0.896. The molecule has 0 saturated carbocycles. The molecule has 1 aliphatic rings. The summed E-state index contributed by atoms with van der Waals surface area (Å²) in [6.45, 7) is 2.62. The number of hydrogen-bond acceptors (Lipinski definition) is 7. The van der Waals surface area contributed by atoms with Crippen LogP contribution in [0.15, 0.2) is 100 Å². The molecule has 276 valence electrons. The quantitative estimate of drug-likeness (QED) is 0.0758. The van der Waals surface area contributed by atoms with Crippen molar-refractivity contribution in [1.29, 1.82) is 0 Å². The third-order valence-corrected chi connectivity index (χ3v) is 10.4. The van der Waals surface area contributed by atoms with Crippen molar-refractivity contribution in [3.05, 3.63) is 123 Å². The number of nitrogens with zero attached hydrogens (tertiary/aromatic N) is 1. The SMILES string of the molecule is C[N+]1(C)CCC(OC(=O)Nc2ccc(CCC(=O)Nc3ccc(CNC[C@H](O)c4ccc(O)c5[nH]c(=O)ccc45)c(Br)c3)cc2-c2ccccc2)CC1. The highest BCUT2D eigenvalue weighted by atomic mass is 79.9. The highest BCUT2D eigenvalue weighted by molar-refractivity contribution is 9.10. The van der Waals surface area contributed by atoms with Gasteiger partial charge in [-0.15, -0.1) is 0 Å². The number of nitrogens with one attached hydrogen (secondary N) is 4. The number of aromatic hydroxyl groups is 1. The number of aliphatic hydroxyl groups is 1. The summed E-state index contributed by atoms with van der Waals surface area (Å²) in [5, 5.41) is 30.8. The van der Waals surface area contributed by atoms with Crippen molar-refractivity contribution in [3.8, 4) is 16.9 Å². The van der Waals surface area contributed by atoms with Gasteiger partial charge >= 0.3 is 6.09 Å². The number of rotatable bonds is 12. The van der Waals surface area contributed by atoms with Crippen LogP contribution in [-0.2, 0) is 22.5 Å². The topological polar surface area (TPSA) is 153 Å². The van der Waals surface area contributed by atoms with E-state index in [4.69, 9.17) is 4.74 Å². The maximum Gasteiger partial charge on any atom is 0.411 e. The molecular weight excluding hydrogens is 738 g/mol. The van der Waals surface area contributed by atoms with Crippen molar-refractivity contribution < 1.29 is 29.0 Å². The number of phenolic OH excluding ortho intramolecular Hbond substituents is 1. The highest BCUT2D eigenvalue weighted by Crippen LogP contribution is 2.31. The summed E-state index contributed by atoms with van der Waals surface area (Å²) in [6, 6.07) is 27.3. The first-order valence-electron chi connectivity index (χ1n) is 17.7. The number of aromatic amines is 1. The maximum absolute atomic E-state index is 13.0. The second-order valence-electron chi connectivity index (χ2n) is 14.1. The summed E-state index contributed by atoms with van der Waals surface area (Å²) in [5.41, 5.74) is 5.54. The van der Waals surface area contributed by atoms with Gasteiger partial charge in [0.1, 0.15) is 11.9 Å². The Morgan fingerprint density at radius 2 is 1.74 bits per heavy atom. The molecule has 5 aromatic rings. The number of carbonyl (C=O) groups excluding carboxylic acids is 2. The second-order valence-corrected chi connectivity index (χ2v) is 15.0. The Morgan fingerprint density at radius 3 is 2.49 bits per heavy atom. The molecule has 0 unspecified atom stereocenters. The third kappa shape index (κ3) is 9.91. The Balaban J connectivity index is 1.02. The number of H-pyrrole nitrogens is 1. The zero-order valence-corrected chi connectivity index (χ0v) is 31.4. The number of pyridine rings is 1. The van der Waals surface area contributed by atoms with E-state index in [1.165, 1.54) is 12.1 Å². The largest absolute Gasteiger partial charge is 0.506 e. The Hall–Kier alpha value is -5.01. The first-order valence-corrected chi connectivity index (χ1v) is 18.5. The zero-order chi connectivity index (χ0) is 37.5. The average molecular weight is 784 g/mol. The predicted octanol–water partition coefficient (Wildman–Crippen LogP) is 6.85. The van der Waals surface area contributed by atoms with E-state index < -0.39 is 12.2 Å². The highest BCUT2D eigenvalue weighted by Gasteiger charge is 2.28. The molecule has 11 nitrogen and oxygen atoms in total. The number of amides is 2. The van der Waals surface area contributed by atoms with Crippen molar-refractivity contribution >= 4 is 50.2 Å². The molecule has 0 radical (unpaired) electrons. The van der Waals surface area contributed by atoms with Gasteiger partial charge in [0.2, 0.25) is 11.5 Å². The van der Waals surface area contributed by atoms with Crippen LogP contribution in [0.3, 0.4) is 0 Å². The molecule has 1 atom stereocenters. The number of hydrogen-bond donors (Lipinski definition) is 6. The number of carbonyl (C=O) groups is 2. The summed E-state index contributed by atoms with van der Waals surface area (Å²) in [4.78, 5) is 40.3. The lowest BCUT2D eigenvalue weighted by atomic mass is 9.99. The lowest BCUT2D eigenvalue weighted by Crippen LogP contribution is -2.48. The van der Waals surface area contributed by atoms with Gasteiger partial charge in [0.15, 0.2) is 0 Å². The van der Waals surface area contributed by atoms with Crippen molar-refractivity contribution in [1.82, 2.24) is 10.3 Å². The Kier molecular flexibility index (Phi) is 11.9. The van der Waals surface area contributed by atoms with Gasteiger partial charge in [0.05, 0.1) is 44.5 Å². The van der Waals surface area contributed by atoms with Gasteiger partial charge in [-0.2, -0.15) is 0 Å². The first kappa shape index (κ1) is 37.7. The Bertz CT molecular complexity index is 2140.